The molecule has 6 nitrogen and oxygen atoms in total. The fraction of sp³-hybridized carbons (Fsp3) is 0.139. The van der Waals surface area contributed by atoms with Gasteiger partial charge in [0.2, 0.25) is 0 Å². The maximum atomic E-state index is 13.8. The molecule has 0 spiro atoms. The minimum absolute atomic E-state index is 0.262. The Bertz CT molecular complexity index is 1680. The summed E-state index contributed by atoms with van der Waals surface area (Å²) in [7, 11) is 0. The van der Waals surface area contributed by atoms with Gasteiger partial charge in [-0.1, -0.05) is 72.8 Å². The van der Waals surface area contributed by atoms with Crippen molar-refractivity contribution in [3.8, 4) is 28.0 Å². The number of ether oxygens (including phenoxy) is 2. The first-order valence-corrected chi connectivity index (χ1v) is 13.7. The molecule has 0 aliphatic heterocycles. The summed E-state index contributed by atoms with van der Waals surface area (Å²) in [6.07, 6.45) is 3.44. The number of benzene rings is 4. The summed E-state index contributed by atoms with van der Waals surface area (Å²) >= 11 is 0. The van der Waals surface area contributed by atoms with Crippen LogP contribution in [0.25, 0.3) is 22.3 Å². The topological polar surface area (TPSA) is 77.5 Å². The van der Waals surface area contributed by atoms with Gasteiger partial charge in [0, 0.05) is 12.4 Å². The number of nitrogens with one attached hydrogen (secondary N) is 1. The van der Waals surface area contributed by atoms with Gasteiger partial charge in [0.15, 0.2) is 0 Å². The number of carbonyl (C=O) groups is 2. The molecule has 0 saturated heterocycles. The Morgan fingerprint density at radius 1 is 0.690 bits per heavy atom. The van der Waals surface area contributed by atoms with Crippen molar-refractivity contribution >= 4 is 17.6 Å². The number of hydrogen-bond acceptors (Lipinski definition) is 5. The molecule has 210 valence electrons. The lowest BCUT2D eigenvalue weighted by molar-refractivity contribution is 0.00707. The molecule has 0 bridgehead atoms. The van der Waals surface area contributed by atoms with Crippen LogP contribution < -0.4 is 10.1 Å². The monoisotopic (exact) mass is 556 g/mol. The Kier molecular flexibility index (Phi) is 8.44. The van der Waals surface area contributed by atoms with Gasteiger partial charge in [0.1, 0.15) is 18.0 Å². The highest BCUT2D eigenvalue weighted by molar-refractivity contribution is 6.10. The van der Waals surface area contributed by atoms with Crippen LogP contribution in [0.4, 0.5) is 5.69 Å². The van der Waals surface area contributed by atoms with Gasteiger partial charge in [-0.3, -0.25) is 9.78 Å². The van der Waals surface area contributed by atoms with Crippen molar-refractivity contribution in [2.75, 3.05) is 5.32 Å². The van der Waals surface area contributed by atoms with E-state index < -0.39 is 17.5 Å². The number of anilines is 1. The van der Waals surface area contributed by atoms with Gasteiger partial charge in [-0.2, -0.15) is 0 Å². The molecule has 0 fully saturated rings. The molecule has 1 amide bonds. The number of rotatable bonds is 8. The van der Waals surface area contributed by atoms with Gasteiger partial charge in [0.05, 0.1) is 16.8 Å². The second-order valence-electron chi connectivity index (χ2n) is 10.8. The molecule has 5 rings (SSSR count). The van der Waals surface area contributed by atoms with Crippen molar-refractivity contribution in [1.82, 2.24) is 4.98 Å². The van der Waals surface area contributed by atoms with E-state index in [2.05, 4.69) is 10.3 Å². The van der Waals surface area contributed by atoms with Crippen LogP contribution in [0, 0.1) is 0 Å². The van der Waals surface area contributed by atoms with Gasteiger partial charge >= 0.3 is 5.97 Å². The molecule has 0 atom stereocenters. The Morgan fingerprint density at radius 2 is 1.29 bits per heavy atom. The minimum atomic E-state index is -0.697. The maximum absolute atomic E-state index is 13.8. The third kappa shape index (κ3) is 7.09. The van der Waals surface area contributed by atoms with Gasteiger partial charge in [-0.25, -0.2) is 4.79 Å². The number of pyridine rings is 1. The van der Waals surface area contributed by atoms with Crippen LogP contribution in [0.3, 0.4) is 0 Å². The Balaban J connectivity index is 1.51. The molecule has 6 heteroatoms. The summed E-state index contributed by atoms with van der Waals surface area (Å²) < 4.78 is 11.9. The lowest BCUT2D eigenvalue weighted by atomic mass is 10.0. The quantitative estimate of drug-likeness (QED) is 0.195. The number of esters is 1. The van der Waals surface area contributed by atoms with Crippen LogP contribution in [0.1, 0.15) is 47.1 Å². The zero-order chi connectivity index (χ0) is 29.5. The third-order valence-corrected chi connectivity index (χ3v) is 6.47. The van der Waals surface area contributed by atoms with Crippen LogP contribution in [0.5, 0.6) is 5.75 Å². The van der Waals surface area contributed by atoms with Crippen molar-refractivity contribution in [1.29, 1.82) is 0 Å². The molecule has 0 radical (unpaired) electrons. The molecule has 42 heavy (non-hydrogen) atoms. The van der Waals surface area contributed by atoms with Gasteiger partial charge in [0.25, 0.3) is 5.91 Å². The van der Waals surface area contributed by atoms with Crippen LogP contribution in [0.15, 0.2) is 122 Å². The molecular formula is C36H32N2O4. The zero-order valence-electron chi connectivity index (χ0n) is 23.8. The predicted molar refractivity (Wildman–Crippen MR) is 165 cm³/mol. The van der Waals surface area contributed by atoms with Crippen molar-refractivity contribution < 1.29 is 19.1 Å². The number of hydrogen-bond donors (Lipinski definition) is 1. The molecule has 4 aromatic carbocycles. The van der Waals surface area contributed by atoms with E-state index in [1.807, 2.05) is 112 Å². The first-order chi connectivity index (χ1) is 20.3. The normalized spacial score (nSPS) is 11.0. The molecule has 1 N–H and O–H groups in total. The average molecular weight is 557 g/mol. The largest absolute Gasteiger partial charge is 0.488 e. The molecule has 0 saturated carbocycles. The van der Waals surface area contributed by atoms with Crippen molar-refractivity contribution in [2.24, 2.45) is 0 Å². The van der Waals surface area contributed by atoms with E-state index in [0.29, 0.717) is 17.0 Å². The third-order valence-electron chi connectivity index (χ3n) is 6.47. The molecule has 0 unspecified atom stereocenters. The highest BCUT2D eigenvalue weighted by Crippen LogP contribution is 2.31. The maximum Gasteiger partial charge on any atom is 0.340 e. The fourth-order valence-electron chi connectivity index (χ4n) is 4.45. The van der Waals surface area contributed by atoms with E-state index in [9.17, 15) is 9.59 Å². The highest BCUT2D eigenvalue weighted by Gasteiger charge is 2.23. The molecule has 1 heterocycles. The van der Waals surface area contributed by atoms with E-state index in [0.717, 1.165) is 27.8 Å². The lowest BCUT2D eigenvalue weighted by Crippen LogP contribution is -2.25. The Morgan fingerprint density at radius 3 is 1.95 bits per heavy atom. The minimum Gasteiger partial charge on any atom is -0.488 e. The van der Waals surface area contributed by atoms with Gasteiger partial charge in [-0.05, 0) is 85.0 Å². The van der Waals surface area contributed by atoms with E-state index in [1.54, 1.807) is 30.6 Å². The Labute approximate surface area is 246 Å². The van der Waals surface area contributed by atoms with E-state index in [4.69, 9.17) is 9.47 Å². The van der Waals surface area contributed by atoms with Crippen LogP contribution in [0.2, 0.25) is 0 Å². The van der Waals surface area contributed by atoms with E-state index in [1.165, 1.54) is 0 Å². The molecular weight excluding hydrogens is 524 g/mol. The first-order valence-electron chi connectivity index (χ1n) is 13.7. The summed E-state index contributed by atoms with van der Waals surface area (Å²) in [6.45, 7) is 5.71. The van der Waals surface area contributed by atoms with Crippen molar-refractivity contribution in [3.05, 3.63) is 138 Å². The average Bonchev–Trinajstić information content (AvgIpc) is 3.00. The molecule has 0 aliphatic rings. The lowest BCUT2D eigenvalue weighted by Gasteiger charge is -2.21. The second-order valence-corrected chi connectivity index (χ2v) is 10.8. The summed E-state index contributed by atoms with van der Waals surface area (Å²) in [5, 5.41) is 2.97. The second kappa shape index (κ2) is 12.5. The number of amides is 1. The van der Waals surface area contributed by atoms with Crippen LogP contribution in [-0.2, 0) is 11.3 Å². The fourth-order valence-corrected chi connectivity index (χ4v) is 4.45. The first kappa shape index (κ1) is 28.3. The number of aromatic nitrogens is 1. The predicted octanol–water partition coefficient (Wildman–Crippen LogP) is 8.20. The highest BCUT2D eigenvalue weighted by atomic mass is 16.6. The van der Waals surface area contributed by atoms with Crippen molar-refractivity contribution in [3.63, 3.8) is 0 Å². The standard InChI is InChI=1S/C36H32N2O4/c1-36(2,3)42-35(40)30-16-14-28(26-12-8-5-9-13-26)22-32(30)38-34(39)31-17-15-29(27-18-20-37-21-19-27)23-33(31)41-24-25-10-6-4-7-11-25/h4-23H,24H2,1-3H3,(H,38,39). The van der Waals surface area contributed by atoms with E-state index >= 15 is 0 Å². The van der Waals surface area contributed by atoms with Crippen molar-refractivity contribution in [2.45, 2.75) is 33.0 Å². The van der Waals surface area contributed by atoms with Gasteiger partial charge < -0.3 is 14.8 Å². The molecule has 5 aromatic rings. The SMILES string of the molecule is CC(C)(C)OC(=O)c1ccc(-c2ccccc2)cc1NC(=O)c1ccc(-c2ccncc2)cc1OCc1ccccc1. The molecule has 1 aromatic heterocycles. The Hall–Kier alpha value is -5.23. The summed E-state index contributed by atoms with van der Waals surface area (Å²) in [4.78, 5) is 31.1. The molecule has 0 aliphatic carbocycles. The van der Waals surface area contributed by atoms with Crippen LogP contribution in [-0.4, -0.2) is 22.5 Å². The number of nitrogens with zero attached hydrogens (tertiary/aromatic N) is 1. The van der Waals surface area contributed by atoms with E-state index in [-0.39, 0.29) is 12.2 Å². The summed E-state index contributed by atoms with van der Waals surface area (Å²) in [5.41, 5.74) is 4.87. The summed E-state index contributed by atoms with van der Waals surface area (Å²) in [6, 6.07) is 34.1. The van der Waals surface area contributed by atoms with Crippen LogP contribution >= 0.6 is 0 Å². The number of carbonyl (C=O) groups excluding carboxylic acids is 2. The van der Waals surface area contributed by atoms with Gasteiger partial charge in [-0.15, -0.1) is 0 Å². The smallest absolute Gasteiger partial charge is 0.340 e. The summed E-state index contributed by atoms with van der Waals surface area (Å²) in [5.74, 6) is -0.510. The zero-order valence-corrected chi connectivity index (χ0v) is 23.8.